The highest BCUT2D eigenvalue weighted by atomic mass is 16.6. The highest BCUT2D eigenvalue weighted by Crippen LogP contribution is 2.23. The summed E-state index contributed by atoms with van der Waals surface area (Å²) >= 11 is 0. The van der Waals surface area contributed by atoms with Gasteiger partial charge in [-0.3, -0.25) is 10.1 Å². The van der Waals surface area contributed by atoms with Crippen molar-refractivity contribution in [3.8, 4) is 5.75 Å². The molecule has 94 valence electrons. The van der Waals surface area contributed by atoms with Crippen molar-refractivity contribution in [1.29, 1.82) is 0 Å². The first-order chi connectivity index (χ1) is 8.06. The second-order valence-corrected chi connectivity index (χ2v) is 4.02. The molecule has 0 aromatic heterocycles. The van der Waals surface area contributed by atoms with E-state index in [9.17, 15) is 10.1 Å². The molecule has 0 fully saturated rings. The quantitative estimate of drug-likeness (QED) is 0.609. The number of non-ortho nitro benzene ring substituents is 1. The van der Waals surface area contributed by atoms with Crippen molar-refractivity contribution in [3.05, 3.63) is 33.9 Å². The van der Waals surface area contributed by atoms with E-state index in [-0.39, 0.29) is 5.69 Å². The molecule has 5 heteroatoms. The Labute approximate surface area is 101 Å². The second-order valence-electron chi connectivity index (χ2n) is 4.02. The number of methoxy groups -OCH3 is 1. The maximum atomic E-state index is 10.8. The van der Waals surface area contributed by atoms with Crippen molar-refractivity contribution >= 4 is 5.69 Å². The van der Waals surface area contributed by atoms with Crippen molar-refractivity contribution in [1.82, 2.24) is 5.32 Å². The predicted molar refractivity (Wildman–Crippen MR) is 66.5 cm³/mol. The SMILES string of the molecule is CNC(C)CCc1cc(OC)cc([N+](=O)[O-])c1. The van der Waals surface area contributed by atoms with Crippen LogP contribution in [0.4, 0.5) is 5.69 Å². The summed E-state index contributed by atoms with van der Waals surface area (Å²) in [4.78, 5) is 10.4. The van der Waals surface area contributed by atoms with E-state index in [2.05, 4.69) is 12.2 Å². The fourth-order valence-corrected chi connectivity index (χ4v) is 1.54. The van der Waals surface area contributed by atoms with Gasteiger partial charge in [-0.25, -0.2) is 0 Å². The molecule has 17 heavy (non-hydrogen) atoms. The molecule has 1 N–H and O–H groups in total. The Morgan fingerprint density at radius 1 is 1.47 bits per heavy atom. The first-order valence-electron chi connectivity index (χ1n) is 5.56. The van der Waals surface area contributed by atoms with Crippen molar-refractivity contribution in [2.75, 3.05) is 14.2 Å². The van der Waals surface area contributed by atoms with Gasteiger partial charge in [-0.05, 0) is 38.4 Å². The van der Waals surface area contributed by atoms with Crippen LogP contribution in [0.2, 0.25) is 0 Å². The Hall–Kier alpha value is -1.62. The summed E-state index contributed by atoms with van der Waals surface area (Å²) in [6, 6.07) is 5.27. The van der Waals surface area contributed by atoms with Gasteiger partial charge in [0, 0.05) is 12.1 Å². The van der Waals surface area contributed by atoms with E-state index in [0.29, 0.717) is 11.8 Å². The molecular formula is C12H18N2O3. The first-order valence-corrected chi connectivity index (χ1v) is 5.56. The van der Waals surface area contributed by atoms with Crippen LogP contribution in [0.5, 0.6) is 5.75 Å². The monoisotopic (exact) mass is 238 g/mol. The number of nitro groups is 1. The number of hydrogen-bond donors (Lipinski definition) is 1. The minimum absolute atomic E-state index is 0.0801. The fourth-order valence-electron chi connectivity index (χ4n) is 1.54. The summed E-state index contributed by atoms with van der Waals surface area (Å²) < 4.78 is 5.06. The number of nitrogens with zero attached hydrogens (tertiary/aromatic N) is 1. The number of nitrogens with one attached hydrogen (secondary N) is 1. The summed E-state index contributed by atoms with van der Waals surface area (Å²) in [5.41, 5.74) is 1.01. The van der Waals surface area contributed by atoms with Crippen LogP contribution in [-0.2, 0) is 6.42 Å². The van der Waals surface area contributed by atoms with Crippen LogP contribution in [-0.4, -0.2) is 25.1 Å². The zero-order valence-corrected chi connectivity index (χ0v) is 10.4. The fraction of sp³-hybridized carbons (Fsp3) is 0.500. The molecule has 0 saturated carbocycles. The molecular weight excluding hydrogens is 220 g/mol. The number of benzene rings is 1. The topological polar surface area (TPSA) is 64.4 Å². The van der Waals surface area contributed by atoms with Crippen LogP contribution in [0.1, 0.15) is 18.9 Å². The van der Waals surface area contributed by atoms with Gasteiger partial charge in [0.25, 0.3) is 5.69 Å². The number of aryl methyl sites for hydroxylation is 1. The molecule has 0 amide bonds. The first kappa shape index (κ1) is 13.4. The Morgan fingerprint density at radius 2 is 2.18 bits per heavy atom. The average Bonchev–Trinajstić information content (AvgIpc) is 2.35. The maximum Gasteiger partial charge on any atom is 0.273 e. The molecule has 0 aliphatic carbocycles. The molecule has 0 saturated heterocycles. The van der Waals surface area contributed by atoms with E-state index in [1.807, 2.05) is 13.1 Å². The van der Waals surface area contributed by atoms with Gasteiger partial charge in [-0.1, -0.05) is 0 Å². The Morgan fingerprint density at radius 3 is 2.71 bits per heavy atom. The van der Waals surface area contributed by atoms with Crippen molar-refractivity contribution < 1.29 is 9.66 Å². The molecule has 1 rings (SSSR count). The van der Waals surface area contributed by atoms with Gasteiger partial charge in [0.15, 0.2) is 0 Å². The molecule has 1 aromatic rings. The lowest BCUT2D eigenvalue weighted by Crippen LogP contribution is -2.21. The van der Waals surface area contributed by atoms with E-state index in [4.69, 9.17) is 4.74 Å². The summed E-state index contributed by atoms with van der Waals surface area (Å²) in [6.45, 7) is 2.08. The standard InChI is InChI=1S/C12H18N2O3/c1-9(13-2)4-5-10-6-11(14(15)16)8-12(7-10)17-3/h6-9,13H,4-5H2,1-3H3. The largest absolute Gasteiger partial charge is 0.496 e. The minimum atomic E-state index is -0.395. The van der Waals surface area contributed by atoms with Gasteiger partial charge in [-0.15, -0.1) is 0 Å². The number of hydrogen-bond acceptors (Lipinski definition) is 4. The molecule has 1 aromatic carbocycles. The average molecular weight is 238 g/mol. The van der Waals surface area contributed by atoms with E-state index >= 15 is 0 Å². The molecule has 1 atom stereocenters. The number of nitro benzene ring substituents is 1. The third-order valence-electron chi connectivity index (χ3n) is 2.76. The van der Waals surface area contributed by atoms with Crippen LogP contribution in [0.15, 0.2) is 18.2 Å². The molecule has 0 heterocycles. The van der Waals surface area contributed by atoms with Gasteiger partial charge in [0.05, 0.1) is 18.1 Å². The third kappa shape index (κ3) is 4.03. The van der Waals surface area contributed by atoms with Crippen LogP contribution >= 0.6 is 0 Å². The smallest absolute Gasteiger partial charge is 0.273 e. The van der Waals surface area contributed by atoms with Gasteiger partial charge in [-0.2, -0.15) is 0 Å². The molecule has 0 radical (unpaired) electrons. The predicted octanol–water partition coefficient (Wildman–Crippen LogP) is 2.14. The van der Waals surface area contributed by atoms with E-state index in [0.717, 1.165) is 18.4 Å². The van der Waals surface area contributed by atoms with Gasteiger partial charge >= 0.3 is 0 Å². The lowest BCUT2D eigenvalue weighted by atomic mass is 10.1. The van der Waals surface area contributed by atoms with Crippen LogP contribution < -0.4 is 10.1 Å². The highest BCUT2D eigenvalue weighted by Gasteiger charge is 2.10. The van der Waals surface area contributed by atoms with E-state index in [1.165, 1.54) is 13.2 Å². The lowest BCUT2D eigenvalue weighted by Gasteiger charge is -2.10. The van der Waals surface area contributed by atoms with Crippen LogP contribution in [0.25, 0.3) is 0 Å². The zero-order chi connectivity index (χ0) is 12.8. The highest BCUT2D eigenvalue weighted by molar-refractivity contribution is 5.42. The Balaban J connectivity index is 2.83. The maximum absolute atomic E-state index is 10.8. The Bertz CT molecular complexity index is 393. The summed E-state index contributed by atoms with van der Waals surface area (Å²) in [5, 5.41) is 13.9. The third-order valence-corrected chi connectivity index (χ3v) is 2.76. The zero-order valence-electron chi connectivity index (χ0n) is 10.4. The van der Waals surface area contributed by atoms with Crippen LogP contribution in [0.3, 0.4) is 0 Å². The van der Waals surface area contributed by atoms with Crippen molar-refractivity contribution in [2.24, 2.45) is 0 Å². The normalized spacial score (nSPS) is 12.2. The molecule has 0 spiro atoms. The van der Waals surface area contributed by atoms with Gasteiger partial charge in [0.1, 0.15) is 5.75 Å². The number of ether oxygens (including phenoxy) is 1. The minimum Gasteiger partial charge on any atom is -0.496 e. The van der Waals surface area contributed by atoms with E-state index in [1.54, 1.807) is 6.07 Å². The van der Waals surface area contributed by atoms with Gasteiger partial charge in [0.2, 0.25) is 0 Å². The van der Waals surface area contributed by atoms with Gasteiger partial charge < -0.3 is 10.1 Å². The molecule has 1 unspecified atom stereocenters. The molecule has 5 nitrogen and oxygen atoms in total. The number of rotatable bonds is 6. The van der Waals surface area contributed by atoms with Crippen molar-refractivity contribution in [2.45, 2.75) is 25.8 Å². The summed E-state index contributed by atoms with van der Waals surface area (Å²) in [6.07, 6.45) is 1.72. The van der Waals surface area contributed by atoms with E-state index < -0.39 is 4.92 Å². The second kappa shape index (κ2) is 6.20. The molecule has 0 aliphatic rings. The van der Waals surface area contributed by atoms with Crippen LogP contribution in [0, 0.1) is 10.1 Å². The van der Waals surface area contributed by atoms with Crippen molar-refractivity contribution in [3.63, 3.8) is 0 Å². The summed E-state index contributed by atoms with van der Waals surface area (Å²) in [7, 11) is 3.41. The summed E-state index contributed by atoms with van der Waals surface area (Å²) in [5.74, 6) is 0.534. The Kier molecular flexibility index (Phi) is 4.90. The molecule has 0 aliphatic heterocycles. The lowest BCUT2D eigenvalue weighted by molar-refractivity contribution is -0.385. The molecule has 0 bridgehead atoms.